The molecule has 2 heterocycles. The fourth-order valence-corrected chi connectivity index (χ4v) is 2.18. The maximum atomic E-state index is 4.24. The molecule has 0 saturated carbocycles. The van der Waals surface area contributed by atoms with Crippen molar-refractivity contribution in [3.05, 3.63) is 59.9 Å². The van der Waals surface area contributed by atoms with Gasteiger partial charge in [0.2, 0.25) is 5.95 Å². The first-order chi connectivity index (χ1) is 9.81. The minimum atomic E-state index is 0.670. The molecule has 1 aromatic heterocycles. The first-order valence-electron chi connectivity index (χ1n) is 6.83. The summed E-state index contributed by atoms with van der Waals surface area (Å²) in [6, 6.07) is 8.63. The van der Waals surface area contributed by atoms with Crippen LogP contribution in [0, 0.1) is 6.92 Å². The van der Waals surface area contributed by atoms with Gasteiger partial charge in [0.15, 0.2) is 0 Å². The van der Waals surface area contributed by atoms with Crippen molar-refractivity contribution in [1.29, 1.82) is 0 Å². The van der Waals surface area contributed by atoms with Gasteiger partial charge in [-0.3, -0.25) is 0 Å². The van der Waals surface area contributed by atoms with Crippen LogP contribution in [0.25, 0.3) is 0 Å². The SMILES string of the molecule is Cc1cnc(NCc2ccc(N3CC=CC3)cc2)nc1. The Kier molecular flexibility index (Phi) is 3.63. The zero-order valence-corrected chi connectivity index (χ0v) is 11.6. The molecular weight excluding hydrogens is 248 g/mol. The first kappa shape index (κ1) is 12.7. The highest BCUT2D eigenvalue weighted by Gasteiger charge is 2.06. The Morgan fingerprint density at radius 1 is 1.05 bits per heavy atom. The third-order valence-electron chi connectivity index (χ3n) is 3.35. The number of anilines is 2. The first-order valence-corrected chi connectivity index (χ1v) is 6.83. The van der Waals surface area contributed by atoms with Gasteiger partial charge in [-0.1, -0.05) is 24.3 Å². The van der Waals surface area contributed by atoms with E-state index in [9.17, 15) is 0 Å². The van der Waals surface area contributed by atoms with E-state index in [1.165, 1.54) is 11.3 Å². The lowest BCUT2D eigenvalue weighted by Gasteiger charge is -2.17. The monoisotopic (exact) mass is 266 g/mol. The lowest BCUT2D eigenvalue weighted by Crippen LogP contribution is -2.18. The van der Waals surface area contributed by atoms with Crippen LogP contribution in [0.5, 0.6) is 0 Å². The van der Waals surface area contributed by atoms with Gasteiger partial charge < -0.3 is 10.2 Å². The van der Waals surface area contributed by atoms with E-state index in [-0.39, 0.29) is 0 Å². The number of benzene rings is 1. The smallest absolute Gasteiger partial charge is 0.222 e. The van der Waals surface area contributed by atoms with Crippen LogP contribution in [-0.4, -0.2) is 23.1 Å². The summed E-state index contributed by atoms with van der Waals surface area (Å²) in [7, 11) is 0. The Labute approximate surface area is 119 Å². The van der Waals surface area contributed by atoms with Crippen molar-refractivity contribution in [3.8, 4) is 0 Å². The molecule has 0 aliphatic carbocycles. The maximum absolute atomic E-state index is 4.24. The lowest BCUT2D eigenvalue weighted by molar-refractivity contribution is 1.00. The molecule has 4 heteroatoms. The van der Waals surface area contributed by atoms with Gasteiger partial charge in [-0.15, -0.1) is 0 Å². The van der Waals surface area contributed by atoms with Crippen molar-refractivity contribution in [2.45, 2.75) is 13.5 Å². The number of rotatable bonds is 4. The number of aromatic nitrogens is 2. The van der Waals surface area contributed by atoms with Crippen LogP contribution >= 0.6 is 0 Å². The molecule has 0 radical (unpaired) electrons. The van der Waals surface area contributed by atoms with Crippen LogP contribution in [0.15, 0.2) is 48.8 Å². The molecule has 0 unspecified atom stereocenters. The van der Waals surface area contributed by atoms with E-state index in [4.69, 9.17) is 0 Å². The second kappa shape index (κ2) is 5.74. The molecule has 0 fully saturated rings. The topological polar surface area (TPSA) is 41.1 Å². The zero-order valence-electron chi connectivity index (χ0n) is 11.6. The Hall–Kier alpha value is -2.36. The van der Waals surface area contributed by atoms with Crippen molar-refractivity contribution in [1.82, 2.24) is 9.97 Å². The molecule has 2 aromatic rings. The summed E-state index contributed by atoms with van der Waals surface area (Å²) in [5.41, 5.74) is 3.56. The molecule has 3 rings (SSSR count). The van der Waals surface area contributed by atoms with Crippen LogP contribution in [-0.2, 0) is 6.54 Å². The van der Waals surface area contributed by atoms with E-state index in [0.29, 0.717) is 5.95 Å². The molecule has 1 N–H and O–H groups in total. The summed E-state index contributed by atoms with van der Waals surface area (Å²) in [6.45, 7) is 4.74. The van der Waals surface area contributed by atoms with Gasteiger partial charge >= 0.3 is 0 Å². The van der Waals surface area contributed by atoms with Crippen LogP contribution in [0.2, 0.25) is 0 Å². The molecule has 1 aliphatic heterocycles. The lowest BCUT2D eigenvalue weighted by atomic mass is 10.2. The number of hydrogen-bond acceptors (Lipinski definition) is 4. The normalized spacial score (nSPS) is 13.8. The van der Waals surface area contributed by atoms with Crippen LogP contribution < -0.4 is 10.2 Å². The van der Waals surface area contributed by atoms with Crippen molar-refractivity contribution >= 4 is 11.6 Å². The molecule has 102 valence electrons. The van der Waals surface area contributed by atoms with E-state index >= 15 is 0 Å². The van der Waals surface area contributed by atoms with Crippen molar-refractivity contribution < 1.29 is 0 Å². The Morgan fingerprint density at radius 3 is 2.35 bits per heavy atom. The number of nitrogens with zero attached hydrogens (tertiary/aromatic N) is 3. The average molecular weight is 266 g/mol. The van der Waals surface area contributed by atoms with Crippen molar-refractivity contribution in [2.75, 3.05) is 23.3 Å². The molecule has 0 saturated heterocycles. The molecule has 0 atom stereocenters. The van der Waals surface area contributed by atoms with E-state index in [1.54, 1.807) is 0 Å². The van der Waals surface area contributed by atoms with E-state index in [0.717, 1.165) is 25.2 Å². The molecule has 20 heavy (non-hydrogen) atoms. The number of nitrogens with one attached hydrogen (secondary N) is 1. The summed E-state index contributed by atoms with van der Waals surface area (Å²) >= 11 is 0. The highest BCUT2D eigenvalue weighted by Crippen LogP contribution is 2.17. The van der Waals surface area contributed by atoms with Gasteiger partial charge in [0.25, 0.3) is 0 Å². The van der Waals surface area contributed by atoms with Crippen molar-refractivity contribution in [3.63, 3.8) is 0 Å². The summed E-state index contributed by atoms with van der Waals surface area (Å²) in [6.07, 6.45) is 8.03. The second-order valence-electron chi connectivity index (χ2n) is 4.98. The van der Waals surface area contributed by atoms with Crippen LogP contribution in [0.4, 0.5) is 11.6 Å². The molecular formula is C16H18N4. The van der Waals surface area contributed by atoms with E-state index < -0.39 is 0 Å². The Bertz CT molecular complexity index is 579. The number of aryl methyl sites for hydroxylation is 1. The largest absolute Gasteiger partial charge is 0.364 e. The third-order valence-corrected chi connectivity index (χ3v) is 3.35. The van der Waals surface area contributed by atoms with Gasteiger partial charge in [-0.05, 0) is 30.2 Å². The average Bonchev–Trinajstić information content (AvgIpc) is 3.01. The minimum absolute atomic E-state index is 0.670. The highest BCUT2D eigenvalue weighted by atomic mass is 15.1. The molecule has 1 aromatic carbocycles. The van der Waals surface area contributed by atoms with E-state index in [2.05, 4.69) is 56.6 Å². The predicted molar refractivity (Wildman–Crippen MR) is 81.9 cm³/mol. The number of hydrogen-bond donors (Lipinski definition) is 1. The standard InChI is InChI=1S/C16H18N4/c1-13-10-17-16(18-11-13)19-12-14-4-6-15(7-5-14)20-8-2-3-9-20/h2-7,10-11H,8-9,12H2,1H3,(H,17,18,19). The fraction of sp³-hybridized carbons (Fsp3) is 0.250. The van der Waals surface area contributed by atoms with Gasteiger partial charge in [0.1, 0.15) is 0 Å². The highest BCUT2D eigenvalue weighted by molar-refractivity contribution is 5.50. The summed E-state index contributed by atoms with van der Waals surface area (Å²) in [5.74, 6) is 0.670. The van der Waals surface area contributed by atoms with Crippen molar-refractivity contribution in [2.24, 2.45) is 0 Å². The summed E-state index contributed by atoms with van der Waals surface area (Å²) in [5, 5.41) is 3.23. The van der Waals surface area contributed by atoms with Crippen LogP contribution in [0.3, 0.4) is 0 Å². The Morgan fingerprint density at radius 2 is 1.70 bits per heavy atom. The third kappa shape index (κ3) is 2.96. The van der Waals surface area contributed by atoms with Gasteiger partial charge in [-0.25, -0.2) is 9.97 Å². The second-order valence-corrected chi connectivity index (χ2v) is 4.98. The molecule has 4 nitrogen and oxygen atoms in total. The molecule has 1 aliphatic rings. The Balaban J connectivity index is 1.59. The van der Waals surface area contributed by atoms with Gasteiger partial charge in [0.05, 0.1) is 0 Å². The molecule has 0 bridgehead atoms. The zero-order chi connectivity index (χ0) is 13.8. The van der Waals surface area contributed by atoms with E-state index in [1.807, 2.05) is 19.3 Å². The predicted octanol–water partition coefficient (Wildman–Crippen LogP) is 2.77. The maximum Gasteiger partial charge on any atom is 0.222 e. The summed E-state index contributed by atoms with van der Waals surface area (Å²) < 4.78 is 0. The molecule has 0 spiro atoms. The fourth-order valence-electron chi connectivity index (χ4n) is 2.18. The molecule has 0 amide bonds. The van der Waals surface area contributed by atoms with Gasteiger partial charge in [-0.2, -0.15) is 0 Å². The van der Waals surface area contributed by atoms with Gasteiger partial charge in [0, 0.05) is 37.7 Å². The summed E-state index contributed by atoms with van der Waals surface area (Å²) in [4.78, 5) is 10.8. The van der Waals surface area contributed by atoms with Crippen LogP contribution in [0.1, 0.15) is 11.1 Å². The quantitative estimate of drug-likeness (QED) is 0.864. The minimum Gasteiger partial charge on any atom is -0.364 e.